The van der Waals surface area contributed by atoms with Gasteiger partial charge in [-0.3, -0.25) is 4.98 Å². The Bertz CT molecular complexity index is 436. The molecule has 0 aliphatic carbocycles. The molecule has 0 aromatic carbocycles. The number of nitrogens with zero attached hydrogens (tertiary/aromatic N) is 1. The Morgan fingerprint density at radius 2 is 2.19 bits per heavy atom. The lowest BCUT2D eigenvalue weighted by molar-refractivity contribution is 0.624. The Morgan fingerprint density at radius 1 is 1.31 bits per heavy atom. The van der Waals surface area contributed by atoms with Crippen molar-refractivity contribution in [2.24, 2.45) is 0 Å². The van der Waals surface area contributed by atoms with Crippen LogP contribution in [-0.2, 0) is 0 Å². The Morgan fingerprint density at radius 3 is 2.75 bits per heavy atom. The second-order valence-electron chi connectivity index (χ2n) is 3.69. The van der Waals surface area contributed by atoms with Crippen molar-refractivity contribution in [3.8, 4) is 0 Å². The van der Waals surface area contributed by atoms with Crippen LogP contribution in [0, 0.1) is 6.92 Å². The molecule has 1 N–H and O–H groups in total. The molecule has 2 rings (SSSR count). The minimum Gasteiger partial charge on any atom is -0.305 e. The standard InChI is InChI=1S/C13H16N2S/c1-3-14-13(11-6-4-5-9-15-11)12-8-7-10(2)16-12/h4-9,13-14H,3H2,1-2H3. The molecule has 2 nitrogen and oxygen atoms in total. The summed E-state index contributed by atoms with van der Waals surface area (Å²) in [4.78, 5) is 7.10. The van der Waals surface area contributed by atoms with Crippen molar-refractivity contribution in [1.29, 1.82) is 0 Å². The third-order valence-electron chi connectivity index (χ3n) is 2.44. The van der Waals surface area contributed by atoms with Crippen LogP contribution in [0.2, 0.25) is 0 Å². The van der Waals surface area contributed by atoms with Crippen LogP contribution < -0.4 is 5.32 Å². The normalized spacial score (nSPS) is 12.6. The van der Waals surface area contributed by atoms with Crippen molar-refractivity contribution in [2.75, 3.05) is 6.54 Å². The third-order valence-corrected chi connectivity index (χ3v) is 3.50. The Hall–Kier alpha value is -1.19. The van der Waals surface area contributed by atoms with E-state index in [1.165, 1.54) is 9.75 Å². The molecule has 0 amide bonds. The summed E-state index contributed by atoms with van der Waals surface area (Å²) in [5.74, 6) is 0. The molecule has 16 heavy (non-hydrogen) atoms. The summed E-state index contributed by atoms with van der Waals surface area (Å²) in [6, 6.07) is 10.6. The summed E-state index contributed by atoms with van der Waals surface area (Å²) < 4.78 is 0. The summed E-state index contributed by atoms with van der Waals surface area (Å²) in [6.45, 7) is 5.20. The highest BCUT2D eigenvalue weighted by molar-refractivity contribution is 7.12. The predicted octanol–water partition coefficient (Wildman–Crippen LogP) is 3.15. The van der Waals surface area contributed by atoms with Crippen LogP contribution in [0.3, 0.4) is 0 Å². The van der Waals surface area contributed by atoms with Crippen LogP contribution in [0.15, 0.2) is 36.5 Å². The van der Waals surface area contributed by atoms with E-state index < -0.39 is 0 Å². The van der Waals surface area contributed by atoms with Gasteiger partial charge in [0.25, 0.3) is 0 Å². The molecule has 2 heterocycles. The second kappa shape index (κ2) is 5.23. The average molecular weight is 232 g/mol. The number of thiophene rings is 1. The summed E-state index contributed by atoms with van der Waals surface area (Å²) in [7, 11) is 0. The van der Waals surface area contributed by atoms with Gasteiger partial charge in [-0.1, -0.05) is 13.0 Å². The van der Waals surface area contributed by atoms with Crippen LogP contribution in [0.4, 0.5) is 0 Å². The van der Waals surface area contributed by atoms with Gasteiger partial charge in [0.1, 0.15) is 0 Å². The minimum atomic E-state index is 0.227. The Kier molecular flexibility index (Phi) is 3.70. The molecular weight excluding hydrogens is 216 g/mol. The molecule has 1 unspecified atom stereocenters. The molecule has 84 valence electrons. The first kappa shape index (κ1) is 11.3. The largest absolute Gasteiger partial charge is 0.305 e. The number of rotatable bonds is 4. The molecular formula is C13H16N2S. The predicted molar refractivity (Wildman–Crippen MR) is 68.8 cm³/mol. The van der Waals surface area contributed by atoms with E-state index in [4.69, 9.17) is 0 Å². The highest BCUT2D eigenvalue weighted by Crippen LogP contribution is 2.26. The van der Waals surface area contributed by atoms with Gasteiger partial charge in [0.15, 0.2) is 0 Å². The molecule has 0 fully saturated rings. The maximum Gasteiger partial charge on any atom is 0.0844 e. The van der Waals surface area contributed by atoms with Crippen LogP contribution >= 0.6 is 11.3 Å². The van der Waals surface area contributed by atoms with E-state index >= 15 is 0 Å². The lowest BCUT2D eigenvalue weighted by atomic mass is 10.1. The number of hydrogen-bond acceptors (Lipinski definition) is 3. The molecule has 2 aromatic heterocycles. The SMILES string of the molecule is CCNC(c1ccccn1)c1ccc(C)s1. The van der Waals surface area contributed by atoms with E-state index in [-0.39, 0.29) is 6.04 Å². The molecule has 0 saturated heterocycles. The number of hydrogen-bond donors (Lipinski definition) is 1. The van der Waals surface area contributed by atoms with Gasteiger partial charge >= 0.3 is 0 Å². The molecule has 0 spiro atoms. The summed E-state index contributed by atoms with van der Waals surface area (Å²) >= 11 is 1.83. The zero-order valence-corrected chi connectivity index (χ0v) is 10.4. The molecule has 0 aliphatic heterocycles. The maximum absolute atomic E-state index is 4.43. The fraction of sp³-hybridized carbons (Fsp3) is 0.308. The number of aryl methyl sites for hydroxylation is 1. The zero-order valence-electron chi connectivity index (χ0n) is 9.60. The zero-order chi connectivity index (χ0) is 11.4. The molecule has 1 atom stereocenters. The summed E-state index contributed by atoms with van der Waals surface area (Å²) in [5.41, 5.74) is 1.09. The molecule has 0 aliphatic rings. The van der Waals surface area contributed by atoms with Crippen molar-refractivity contribution in [2.45, 2.75) is 19.9 Å². The van der Waals surface area contributed by atoms with E-state index in [0.29, 0.717) is 0 Å². The van der Waals surface area contributed by atoms with Gasteiger partial charge < -0.3 is 5.32 Å². The lowest BCUT2D eigenvalue weighted by Gasteiger charge is -2.15. The van der Waals surface area contributed by atoms with Crippen molar-refractivity contribution in [1.82, 2.24) is 10.3 Å². The first-order valence-corrected chi connectivity index (χ1v) is 6.33. The molecule has 0 bridgehead atoms. The van der Waals surface area contributed by atoms with E-state index in [2.05, 4.69) is 42.3 Å². The van der Waals surface area contributed by atoms with Gasteiger partial charge in [0.2, 0.25) is 0 Å². The summed E-state index contributed by atoms with van der Waals surface area (Å²) in [5, 5.41) is 3.48. The maximum atomic E-state index is 4.43. The molecule has 0 saturated carbocycles. The average Bonchev–Trinajstić information content (AvgIpc) is 2.74. The fourth-order valence-electron chi connectivity index (χ4n) is 1.71. The monoisotopic (exact) mass is 232 g/mol. The highest BCUT2D eigenvalue weighted by Gasteiger charge is 2.15. The Balaban J connectivity index is 2.31. The van der Waals surface area contributed by atoms with Crippen LogP contribution in [-0.4, -0.2) is 11.5 Å². The van der Waals surface area contributed by atoms with Crippen LogP contribution in [0.25, 0.3) is 0 Å². The number of pyridine rings is 1. The number of nitrogens with one attached hydrogen (secondary N) is 1. The highest BCUT2D eigenvalue weighted by atomic mass is 32.1. The summed E-state index contributed by atoms with van der Waals surface area (Å²) in [6.07, 6.45) is 1.85. The molecule has 0 radical (unpaired) electrons. The Labute approximate surface area is 100 Å². The lowest BCUT2D eigenvalue weighted by Crippen LogP contribution is -2.21. The van der Waals surface area contributed by atoms with E-state index in [1.807, 2.05) is 29.7 Å². The van der Waals surface area contributed by atoms with Gasteiger partial charge in [-0.05, 0) is 37.7 Å². The second-order valence-corrected chi connectivity index (χ2v) is 5.01. The van der Waals surface area contributed by atoms with Gasteiger partial charge in [-0.25, -0.2) is 0 Å². The quantitative estimate of drug-likeness (QED) is 0.876. The molecule has 3 heteroatoms. The third kappa shape index (κ3) is 2.49. The van der Waals surface area contributed by atoms with Crippen LogP contribution in [0.1, 0.15) is 28.4 Å². The van der Waals surface area contributed by atoms with Gasteiger partial charge in [-0.2, -0.15) is 0 Å². The fourth-order valence-corrected chi connectivity index (χ4v) is 2.68. The van der Waals surface area contributed by atoms with Gasteiger partial charge in [0.05, 0.1) is 11.7 Å². The van der Waals surface area contributed by atoms with Crippen LogP contribution in [0.5, 0.6) is 0 Å². The van der Waals surface area contributed by atoms with E-state index in [9.17, 15) is 0 Å². The van der Waals surface area contributed by atoms with Gasteiger partial charge in [-0.15, -0.1) is 11.3 Å². The van der Waals surface area contributed by atoms with Crippen molar-refractivity contribution >= 4 is 11.3 Å². The van der Waals surface area contributed by atoms with E-state index in [1.54, 1.807) is 0 Å². The molecule has 2 aromatic rings. The minimum absolute atomic E-state index is 0.227. The number of aromatic nitrogens is 1. The first-order chi connectivity index (χ1) is 7.81. The smallest absolute Gasteiger partial charge is 0.0844 e. The first-order valence-electron chi connectivity index (χ1n) is 5.52. The topological polar surface area (TPSA) is 24.9 Å². The van der Waals surface area contributed by atoms with Gasteiger partial charge in [0, 0.05) is 16.0 Å². The van der Waals surface area contributed by atoms with Crippen molar-refractivity contribution < 1.29 is 0 Å². The van der Waals surface area contributed by atoms with Crippen molar-refractivity contribution in [3.63, 3.8) is 0 Å². The van der Waals surface area contributed by atoms with Crippen molar-refractivity contribution in [3.05, 3.63) is 52.0 Å². The van der Waals surface area contributed by atoms with E-state index in [0.717, 1.165) is 12.2 Å².